The van der Waals surface area contributed by atoms with Crippen molar-refractivity contribution < 1.29 is 28.9 Å². The number of ether oxygens (including phenoxy) is 1. The number of aromatic nitrogens is 5. The lowest BCUT2D eigenvalue weighted by Gasteiger charge is -2.34. The molecule has 1 unspecified atom stereocenters. The molecule has 0 radical (unpaired) electrons. The van der Waals surface area contributed by atoms with Crippen molar-refractivity contribution in [3.8, 4) is 17.0 Å². The number of carboxylic acids is 1. The summed E-state index contributed by atoms with van der Waals surface area (Å²) < 4.78 is 21.6. The van der Waals surface area contributed by atoms with Crippen LogP contribution in [-0.4, -0.2) is 66.0 Å². The number of anilines is 1. The normalized spacial score (nSPS) is 17.6. The molecule has 2 atom stereocenters. The molecule has 0 aliphatic heterocycles. The van der Waals surface area contributed by atoms with Crippen molar-refractivity contribution in [2.24, 2.45) is 5.92 Å². The molecule has 0 spiro atoms. The highest BCUT2D eigenvalue weighted by Gasteiger charge is 2.31. The fourth-order valence-corrected chi connectivity index (χ4v) is 5.25. The van der Waals surface area contributed by atoms with Crippen LogP contribution in [0.4, 0.5) is 10.3 Å². The first-order valence-electron chi connectivity index (χ1n) is 13.4. The van der Waals surface area contributed by atoms with Crippen molar-refractivity contribution in [3.05, 3.63) is 69.7 Å². The van der Waals surface area contributed by atoms with Crippen LogP contribution in [0.15, 0.2) is 47.8 Å². The van der Waals surface area contributed by atoms with E-state index in [2.05, 4.69) is 25.7 Å². The molecule has 0 saturated heterocycles. The number of aliphatic hydroxyl groups is 1. The van der Waals surface area contributed by atoms with E-state index < -0.39 is 41.9 Å². The Balaban J connectivity index is 1.34. The number of hydrogen-bond acceptors (Lipinski definition) is 9. The quantitative estimate of drug-likeness (QED) is 0.197. The molecule has 3 heterocycles. The number of aliphatic hydroxyl groups excluding tert-OH is 1. The van der Waals surface area contributed by atoms with Crippen molar-refractivity contribution in [2.75, 3.05) is 19.0 Å². The van der Waals surface area contributed by atoms with Crippen molar-refractivity contribution in [2.45, 2.75) is 44.3 Å². The van der Waals surface area contributed by atoms with Crippen LogP contribution in [0.3, 0.4) is 0 Å². The van der Waals surface area contributed by atoms with E-state index in [1.54, 1.807) is 12.3 Å². The third-order valence-corrected chi connectivity index (χ3v) is 7.71. The molecule has 1 saturated carbocycles. The van der Waals surface area contributed by atoms with Gasteiger partial charge in [0, 0.05) is 30.3 Å². The van der Waals surface area contributed by atoms with Crippen LogP contribution in [-0.2, 0) is 9.59 Å². The number of hydrogen-bond donors (Lipinski definition) is 4. The molecular formula is C28H29ClFN7O6. The molecule has 3 aromatic heterocycles. The molecule has 5 rings (SSSR count). The first-order valence-corrected chi connectivity index (χ1v) is 13.8. The minimum absolute atomic E-state index is 0.0429. The van der Waals surface area contributed by atoms with Crippen molar-refractivity contribution >= 4 is 34.9 Å². The van der Waals surface area contributed by atoms with Gasteiger partial charge in [-0.25, -0.2) is 18.9 Å². The second-order valence-electron chi connectivity index (χ2n) is 10.4. The summed E-state index contributed by atoms with van der Waals surface area (Å²) in [6.07, 6.45) is 5.74. The Morgan fingerprint density at radius 1 is 1.26 bits per heavy atom. The maximum Gasteiger partial charge on any atom is 0.303 e. The van der Waals surface area contributed by atoms with Gasteiger partial charge in [-0.15, -0.1) is 0 Å². The molecule has 4 aromatic rings. The van der Waals surface area contributed by atoms with Gasteiger partial charge in [0.15, 0.2) is 0 Å². The summed E-state index contributed by atoms with van der Waals surface area (Å²) in [5.74, 6) is -1.36. The predicted octanol–water partition coefficient (Wildman–Crippen LogP) is 2.83. The average Bonchev–Trinajstić information content (AvgIpc) is 3.40. The largest absolute Gasteiger partial charge is 0.497 e. The molecule has 43 heavy (non-hydrogen) atoms. The van der Waals surface area contributed by atoms with Crippen LogP contribution in [0.1, 0.15) is 43.8 Å². The Labute approximate surface area is 249 Å². The summed E-state index contributed by atoms with van der Waals surface area (Å²) in [4.78, 5) is 46.1. The number of benzene rings is 1. The molecule has 226 valence electrons. The van der Waals surface area contributed by atoms with Crippen molar-refractivity contribution in [3.63, 3.8) is 0 Å². The van der Waals surface area contributed by atoms with E-state index in [9.17, 15) is 23.9 Å². The number of carbonyl (C=O) groups is 2. The lowest BCUT2D eigenvalue weighted by molar-refractivity contribution is -0.138. The number of carboxylic acid groups (broad SMARTS) is 1. The zero-order valence-electron chi connectivity index (χ0n) is 23.2. The molecule has 15 heteroatoms. The number of nitrogens with zero attached hydrogens (tertiary/aromatic N) is 5. The third-order valence-electron chi connectivity index (χ3n) is 7.43. The van der Waals surface area contributed by atoms with Gasteiger partial charge >= 0.3 is 5.97 Å². The lowest BCUT2D eigenvalue weighted by atomic mass is 9.78. The van der Waals surface area contributed by atoms with E-state index in [1.165, 1.54) is 49.3 Å². The molecule has 0 bridgehead atoms. The summed E-state index contributed by atoms with van der Waals surface area (Å²) in [6, 6.07) is 3.47. The van der Waals surface area contributed by atoms with Gasteiger partial charge in [0.1, 0.15) is 29.5 Å². The van der Waals surface area contributed by atoms with Crippen molar-refractivity contribution in [1.29, 1.82) is 0 Å². The predicted molar refractivity (Wildman–Crippen MR) is 154 cm³/mol. The number of amides is 1. The maximum atomic E-state index is 14.0. The summed E-state index contributed by atoms with van der Waals surface area (Å²) in [6.45, 7) is 0.986. The highest BCUT2D eigenvalue weighted by molar-refractivity contribution is 6.32. The lowest BCUT2D eigenvalue weighted by Crippen LogP contribution is -2.39. The number of methoxy groups -OCH3 is 1. The molecule has 1 amide bonds. The SMILES string of the molecule is COc1cc(F)cc([C@@H](CO)NC(=O)C(C)n2cnn3cc(-c4nc(NC5CC(CC(=O)O)C5)ncc4Cl)cc3c2=O)c1. The van der Waals surface area contributed by atoms with E-state index in [4.69, 9.17) is 21.4 Å². The fourth-order valence-electron chi connectivity index (χ4n) is 5.05. The summed E-state index contributed by atoms with van der Waals surface area (Å²) in [5.41, 5.74) is 0.793. The Bertz CT molecular complexity index is 1740. The van der Waals surface area contributed by atoms with E-state index in [0.29, 0.717) is 35.6 Å². The van der Waals surface area contributed by atoms with Crippen molar-refractivity contribution in [1.82, 2.24) is 29.5 Å². The Hall–Kier alpha value is -4.56. The Morgan fingerprint density at radius 3 is 2.72 bits per heavy atom. The zero-order valence-corrected chi connectivity index (χ0v) is 24.0. The number of halogens is 2. The van der Waals surface area contributed by atoms with E-state index in [0.717, 1.165) is 4.57 Å². The van der Waals surface area contributed by atoms with Crippen LogP contribution in [0.25, 0.3) is 16.8 Å². The van der Waals surface area contributed by atoms with Crippen LogP contribution in [0.5, 0.6) is 5.75 Å². The molecule has 1 fully saturated rings. The van der Waals surface area contributed by atoms with Gasteiger partial charge in [0.05, 0.1) is 36.7 Å². The first-order chi connectivity index (χ1) is 20.6. The number of carbonyl (C=O) groups excluding carboxylic acids is 1. The van der Waals surface area contributed by atoms with Gasteiger partial charge in [-0.05, 0) is 49.4 Å². The van der Waals surface area contributed by atoms with E-state index in [1.807, 2.05) is 0 Å². The summed E-state index contributed by atoms with van der Waals surface area (Å²) in [5, 5.41) is 29.2. The number of aliphatic carboxylic acids is 1. The van der Waals surface area contributed by atoms with Gasteiger partial charge in [0.25, 0.3) is 5.56 Å². The monoisotopic (exact) mass is 613 g/mol. The topological polar surface area (TPSA) is 173 Å². The smallest absolute Gasteiger partial charge is 0.303 e. The van der Waals surface area contributed by atoms with Crippen LogP contribution in [0, 0.1) is 11.7 Å². The van der Waals surface area contributed by atoms with Gasteiger partial charge in [0.2, 0.25) is 11.9 Å². The molecule has 1 aromatic carbocycles. The molecule has 4 N–H and O–H groups in total. The van der Waals surface area contributed by atoms with Gasteiger partial charge in [-0.3, -0.25) is 19.0 Å². The van der Waals surface area contributed by atoms with Gasteiger partial charge in [-0.2, -0.15) is 5.10 Å². The zero-order chi connectivity index (χ0) is 30.8. The maximum absolute atomic E-state index is 14.0. The number of nitrogens with one attached hydrogen (secondary N) is 2. The first kappa shape index (κ1) is 29.9. The minimum Gasteiger partial charge on any atom is -0.497 e. The Morgan fingerprint density at radius 2 is 2.02 bits per heavy atom. The molecular weight excluding hydrogens is 585 g/mol. The van der Waals surface area contributed by atoms with Gasteiger partial charge < -0.3 is 25.6 Å². The minimum atomic E-state index is -1.03. The van der Waals surface area contributed by atoms with Crippen LogP contribution < -0.4 is 20.9 Å². The molecule has 1 aliphatic carbocycles. The van der Waals surface area contributed by atoms with E-state index in [-0.39, 0.29) is 34.7 Å². The second-order valence-corrected chi connectivity index (χ2v) is 10.8. The van der Waals surface area contributed by atoms with Crippen LogP contribution in [0.2, 0.25) is 5.02 Å². The average molecular weight is 614 g/mol. The second kappa shape index (κ2) is 12.4. The third kappa shape index (κ3) is 6.44. The number of fused-ring (bicyclic) bond motifs is 1. The summed E-state index contributed by atoms with van der Waals surface area (Å²) >= 11 is 6.39. The fraction of sp³-hybridized carbons (Fsp3) is 0.357. The molecule has 13 nitrogen and oxygen atoms in total. The molecule has 1 aliphatic rings. The Kier molecular flexibility index (Phi) is 8.59. The summed E-state index contributed by atoms with van der Waals surface area (Å²) in [7, 11) is 1.37. The van der Waals surface area contributed by atoms with Gasteiger partial charge in [-0.1, -0.05) is 11.6 Å². The number of rotatable bonds is 11. The highest BCUT2D eigenvalue weighted by atomic mass is 35.5. The van der Waals surface area contributed by atoms with E-state index >= 15 is 0 Å². The standard InChI is InChI=1S/C28H29ClFN7O6/c1-14(26(41)34-22(12-38)16-6-18(30)9-20(7-16)43-2)36-13-32-37-11-17(8-23(37)27(36)42)25-21(29)10-31-28(35-25)33-19-3-15(4-19)5-24(39)40/h6-11,13-15,19,22,38H,3-5,12H2,1-2H3,(H,34,41)(H,39,40)(H,31,33,35)/t14?,15?,19?,22-/m1/s1. The van der Waals surface area contributed by atoms with Crippen LogP contribution >= 0.6 is 11.6 Å². The highest BCUT2D eigenvalue weighted by Crippen LogP contribution is 2.33.